The number of rotatable bonds is 6. The molecule has 2 aromatic heterocycles. The molecule has 3 heterocycles. The number of esters is 1. The van der Waals surface area contributed by atoms with Gasteiger partial charge in [0.2, 0.25) is 0 Å². The number of benzene rings is 1. The number of thiazole rings is 1. The number of piperidine rings is 1. The molecule has 0 spiro atoms. The summed E-state index contributed by atoms with van der Waals surface area (Å²) in [6, 6.07) is 10.2. The maximum absolute atomic E-state index is 12.9. The fraction of sp³-hybridized carbons (Fsp3) is 0.360. The van der Waals surface area contributed by atoms with E-state index in [0.717, 1.165) is 4.88 Å². The molecule has 184 valence electrons. The molecule has 1 aliphatic heterocycles. The van der Waals surface area contributed by atoms with Gasteiger partial charge in [0, 0.05) is 24.2 Å². The molecule has 1 aliphatic rings. The zero-order valence-electron chi connectivity index (χ0n) is 19.5. The average Bonchev–Trinajstić information content (AvgIpc) is 3.45. The number of hydrogen-bond acceptors (Lipinski definition) is 6. The highest BCUT2D eigenvalue weighted by Crippen LogP contribution is 2.22. The van der Waals surface area contributed by atoms with Crippen molar-refractivity contribution in [3.63, 3.8) is 0 Å². The second-order valence-corrected chi connectivity index (χ2v) is 9.85. The second-order valence-electron chi connectivity index (χ2n) is 8.23. The summed E-state index contributed by atoms with van der Waals surface area (Å²) in [5, 5.41) is 0.349. The van der Waals surface area contributed by atoms with Gasteiger partial charge in [-0.2, -0.15) is 4.99 Å². The summed E-state index contributed by atoms with van der Waals surface area (Å²) < 4.78 is 12.7. The lowest BCUT2D eigenvalue weighted by Crippen LogP contribution is -2.40. The van der Waals surface area contributed by atoms with Crippen LogP contribution in [0.2, 0.25) is 5.02 Å². The van der Waals surface area contributed by atoms with Gasteiger partial charge in [-0.25, -0.2) is 0 Å². The number of aromatic nitrogens is 1. The highest BCUT2D eigenvalue weighted by Gasteiger charge is 2.29. The van der Waals surface area contributed by atoms with Crippen molar-refractivity contribution in [1.29, 1.82) is 0 Å². The molecule has 35 heavy (non-hydrogen) atoms. The van der Waals surface area contributed by atoms with E-state index in [2.05, 4.69) is 4.99 Å². The Balaban J connectivity index is 1.44. The Bertz CT molecular complexity index is 1300. The molecule has 3 aromatic rings. The van der Waals surface area contributed by atoms with Crippen molar-refractivity contribution in [1.82, 2.24) is 9.47 Å². The topological polar surface area (TPSA) is 94.1 Å². The van der Waals surface area contributed by atoms with E-state index in [1.807, 2.05) is 17.7 Å². The Hall–Kier alpha value is -3.17. The highest BCUT2D eigenvalue weighted by atomic mass is 35.5. The van der Waals surface area contributed by atoms with E-state index in [1.54, 1.807) is 48.2 Å². The van der Waals surface area contributed by atoms with Gasteiger partial charge in [-0.05, 0) is 51.0 Å². The van der Waals surface area contributed by atoms with Crippen molar-refractivity contribution in [2.75, 3.05) is 19.7 Å². The predicted molar refractivity (Wildman–Crippen MR) is 131 cm³/mol. The normalized spacial score (nSPS) is 14.8. The van der Waals surface area contributed by atoms with Gasteiger partial charge >= 0.3 is 5.97 Å². The molecule has 2 amide bonds. The lowest BCUT2D eigenvalue weighted by atomic mass is 9.97. The van der Waals surface area contributed by atoms with E-state index < -0.39 is 5.91 Å². The largest absolute Gasteiger partial charge is 0.466 e. The molecule has 0 aliphatic carbocycles. The minimum Gasteiger partial charge on any atom is -0.466 e. The Morgan fingerprint density at radius 2 is 1.91 bits per heavy atom. The molecule has 0 unspecified atom stereocenters. The first kappa shape index (κ1) is 24.9. The van der Waals surface area contributed by atoms with Crippen LogP contribution in [-0.2, 0) is 16.1 Å². The average molecular weight is 516 g/mol. The Labute approximate surface area is 211 Å². The van der Waals surface area contributed by atoms with Crippen LogP contribution in [0.25, 0.3) is 0 Å². The highest BCUT2D eigenvalue weighted by molar-refractivity contribution is 7.09. The van der Waals surface area contributed by atoms with Crippen LogP contribution in [0.4, 0.5) is 0 Å². The monoisotopic (exact) mass is 515 g/mol. The van der Waals surface area contributed by atoms with Gasteiger partial charge in [0.05, 0.1) is 29.7 Å². The zero-order chi connectivity index (χ0) is 24.9. The van der Waals surface area contributed by atoms with Gasteiger partial charge in [0.15, 0.2) is 10.6 Å². The van der Waals surface area contributed by atoms with Crippen molar-refractivity contribution in [2.45, 2.75) is 33.2 Å². The Morgan fingerprint density at radius 3 is 2.63 bits per heavy atom. The van der Waals surface area contributed by atoms with Crippen LogP contribution in [0, 0.1) is 12.8 Å². The van der Waals surface area contributed by atoms with Crippen molar-refractivity contribution in [2.24, 2.45) is 10.9 Å². The number of carbonyl (C=O) groups is 3. The quantitative estimate of drug-likeness (QED) is 0.456. The second kappa shape index (κ2) is 11.0. The zero-order valence-corrected chi connectivity index (χ0v) is 21.1. The standard InChI is InChI=1S/C25H26ClN3O5S/c1-3-33-24(32)17-10-12-28(13-11-17)23(31)21-9-8-18(34-21)15-29-14-16(2)35-25(29)27-22(30)19-6-4-5-7-20(19)26/h4-9,14,17H,3,10-13,15H2,1-2H3. The minimum atomic E-state index is -0.423. The van der Waals surface area contributed by atoms with Crippen molar-refractivity contribution >= 4 is 40.7 Å². The van der Waals surface area contributed by atoms with Crippen molar-refractivity contribution in [3.8, 4) is 0 Å². The number of aryl methyl sites for hydroxylation is 1. The first-order valence-corrected chi connectivity index (χ1v) is 12.6. The van der Waals surface area contributed by atoms with Crippen LogP contribution in [0.15, 0.2) is 52.0 Å². The fourth-order valence-electron chi connectivity index (χ4n) is 3.97. The molecule has 8 nitrogen and oxygen atoms in total. The molecule has 1 saturated heterocycles. The third kappa shape index (κ3) is 5.91. The summed E-state index contributed by atoms with van der Waals surface area (Å²) >= 11 is 7.52. The van der Waals surface area contributed by atoms with Gasteiger partial charge in [0.1, 0.15) is 5.76 Å². The summed E-state index contributed by atoms with van der Waals surface area (Å²) in [5.41, 5.74) is 0.337. The van der Waals surface area contributed by atoms with Gasteiger partial charge in [-0.15, -0.1) is 11.3 Å². The molecular formula is C25H26ClN3O5S. The Kier molecular flexibility index (Phi) is 7.87. The van der Waals surface area contributed by atoms with Gasteiger partial charge in [-0.3, -0.25) is 14.4 Å². The van der Waals surface area contributed by atoms with Gasteiger partial charge in [-0.1, -0.05) is 23.7 Å². The smallest absolute Gasteiger partial charge is 0.309 e. The van der Waals surface area contributed by atoms with Crippen molar-refractivity contribution < 1.29 is 23.5 Å². The van der Waals surface area contributed by atoms with Crippen LogP contribution in [0.3, 0.4) is 0 Å². The van der Waals surface area contributed by atoms with E-state index in [-0.39, 0.29) is 23.6 Å². The molecule has 0 atom stereocenters. The molecule has 0 radical (unpaired) electrons. The van der Waals surface area contributed by atoms with Crippen LogP contribution >= 0.6 is 22.9 Å². The third-order valence-corrected chi connectivity index (χ3v) is 7.00. The molecule has 1 fully saturated rings. The maximum atomic E-state index is 12.9. The van der Waals surface area contributed by atoms with E-state index in [0.29, 0.717) is 60.2 Å². The molecule has 10 heteroatoms. The summed E-state index contributed by atoms with van der Waals surface area (Å²) in [4.78, 5) is 44.9. The first-order chi connectivity index (χ1) is 16.9. The molecule has 0 bridgehead atoms. The molecule has 1 aromatic carbocycles. The summed E-state index contributed by atoms with van der Waals surface area (Å²) in [6.45, 7) is 5.34. The number of amides is 2. The van der Waals surface area contributed by atoms with Crippen molar-refractivity contribution in [3.05, 3.63) is 74.4 Å². The first-order valence-electron chi connectivity index (χ1n) is 11.4. The van der Waals surface area contributed by atoms with E-state index in [9.17, 15) is 14.4 Å². The number of nitrogens with zero attached hydrogens (tertiary/aromatic N) is 3. The fourth-order valence-corrected chi connectivity index (χ4v) is 5.01. The molecule has 0 N–H and O–H groups in total. The maximum Gasteiger partial charge on any atom is 0.309 e. The lowest BCUT2D eigenvalue weighted by molar-refractivity contribution is -0.149. The van der Waals surface area contributed by atoms with Crippen LogP contribution < -0.4 is 4.80 Å². The van der Waals surface area contributed by atoms with E-state index in [1.165, 1.54) is 11.3 Å². The molecule has 4 rings (SSSR count). The number of ether oxygens (including phenoxy) is 1. The number of furan rings is 1. The van der Waals surface area contributed by atoms with Gasteiger partial charge in [0.25, 0.3) is 11.8 Å². The number of carbonyl (C=O) groups excluding carboxylic acids is 3. The number of halogens is 1. The van der Waals surface area contributed by atoms with Crippen LogP contribution in [0.1, 0.15) is 51.3 Å². The SMILES string of the molecule is CCOC(=O)C1CCN(C(=O)c2ccc(Cn3cc(C)sc3=NC(=O)c3ccccc3Cl)o2)CC1. The Morgan fingerprint density at radius 1 is 1.17 bits per heavy atom. The summed E-state index contributed by atoms with van der Waals surface area (Å²) in [5.74, 6) is -0.180. The summed E-state index contributed by atoms with van der Waals surface area (Å²) in [6.07, 6.45) is 3.03. The molecular weight excluding hydrogens is 490 g/mol. The van der Waals surface area contributed by atoms with Crippen LogP contribution in [-0.4, -0.2) is 46.9 Å². The minimum absolute atomic E-state index is 0.167. The number of likely N-dealkylation sites (tertiary alicyclic amines) is 1. The molecule has 0 saturated carbocycles. The third-order valence-electron chi connectivity index (χ3n) is 5.74. The van der Waals surface area contributed by atoms with Gasteiger partial charge < -0.3 is 18.6 Å². The lowest BCUT2D eigenvalue weighted by Gasteiger charge is -2.30. The predicted octanol–water partition coefficient (Wildman–Crippen LogP) is 4.31. The van der Waals surface area contributed by atoms with Crippen LogP contribution in [0.5, 0.6) is 0 Å². The number of hydrogen-bond donors (Lipinski definition) is 0. The van der Waals surface area contributed by atoms with E-state index >= 15 is 0 Å². The van der Waals surface area contributed by atoms with E-state index in [4.69, 9.17) is 20.8 Å². The summed E-state index contributed by atoms with van der Waals surface area (Å²) in [7, 11) is 0.